The van der Waals surface area contributed by atoms with Gasteiger partial charge in [-0.1, -0.05) is 24.3 Å². The Labute approximate surface area is 169 Å². The van der Waals surface area contributed by atoms with E-state index in [1.165, 1.54) is 5.56 Å². The Balaban J connectivity index is 1.62. The normalized spacial score (nSPS) is 20.7. The topological polar surface area (TPSA) is 85.8 Å². The van der Waals surface area contributed by atoms with Crippen LogP contribution >= 0.6 is 0 Å². The van der Waals surface area contributed by atoms with E-state index in [4.69, 9.17) is 0 Å². The number of hydrogen-bond donors (Lipinski definition) is 3. The van der Waals surface area contributed by atoms with Crippen LogP contribution in [0, 0.1) is 0 Å². The lowest BCUT2D eigenvalue weighted by atomic mass is 9.92. The summed E-state index contributed by atoms with van der Waals surface area (Å²) < 4.78 is 0. The van der Waals surface area contributed by atoms with Gasteiger partial charge in [-0.05, 0) is 36.6 Å². The number of rotatable bonds is 4. The fraction of sp³-hybridized carbons (Fsp3) is 0.318. The lowest BCUT2D eigenvalue weighted by molar-refractivity contribution is -0.122. The van der Waals surface area contributed by atoms with Crippen molar-refractivity contribution in [2.45, 2.75) is 31.8 Å². The van der Waals surface area contributed by atoms with E-state index >= 15 is 0 Å². The lowest BCUT2D eigenvalue weighted by Crippen LogP contribution is -2.54. The molecule has 0 saturated carbocycles. The monoisotopic (exact) mass is 389 g/mol. The number of amides is 1. The third kappa shape index (κ3) is 3.07. The molecule has 148 valence electrons. The minimum atomic E-state index is -0.294. The van der Waals surface area contributed by atoms with Crippen molar-refractivity contribution in [3.63, 3.8) is 0 Å². The van der Waals surface area contributed by atoms with Crippen molar-refractivity contribution in [1.29, 1.82) is 0 Å². The van der Waals surface area contributed by atoms with Crippen LogP contribution in [0.2, 0.25) is 0 Å². The van der Waals surface area contributed by atoms with Crippen molar-refractivity contribution in [3.05, 3.63) is 47.5 Å². The van der Waals surface area contributed by atoms with Gasteiger partial charge in [0.05, 0.1) is 6.04 Å². The molecule has 29 heavy (non-hydrogen) atoms. The third-order valence-electron chi connectivity index (χ3n) is 5.94. The summed E-state index contributed by atoms with van der Waals surface area (Å²) in [5.41, 5.74) is 8.76. The summed E-state index contributed by atoms with van der Waals surface area (Å²) >= 11 is 0. The molecule has 3 aliphatic rings. The van der Waals surface area contributed by atoms with Crippen LogP contribution in [0.3, 0.4) is 0 Å². The predicted molar refractivity (Wildman–Crippen MR) is 113 cm³/mol. The molecule has 2 aromatic carbocycles. The molecule has 0 aliphatic carbocycles. The van der Waals surface area contributed by atoms with Crippen LogP contribution in [0.25, 0.3) is 11.1 Å². The number of carbonyl (C=O) groups excluding carboxylic acids is 2. The molecular formula is C22H23N5O2. The number of hydrazone groups is 1. The fourth-order valence-corrected chi connectivity index (χ4v) is 4.15. The van der Waals surface area contributed by atoms with Gasteiger partial charge < -0.3 is 15.5 Å². The maximum absolute atomic E-state index is 12.2. The van der Waals surface area contributed by atoms with E-state index in [1.54, 1.807) is 0 Å². The highest BCUT2D eigenvalue weighted by atomic mass is 16.2. The molecule has 5 rings (SSSR count). The molecule has 0 spiro atoms. The molecule has 1 unspecified atom stereocenters. The number of amidine groups is 1. The summed E-state index contributed by atoms with van der Waals surface area (Å²) in [7, 11) is 0. The van der Waals surface area contributed by atoms with E-state index in [1.807, 2.05) is 31.2 Å². The third-order valence-corrected chi connectivity index (χ3v) is 5.94. The first-order valence-electron chi connectivity index (χ1n) is 9.99. The van der Waals surface area contributed by atoms with Gasteiger partial charge in [-0.25, -0.2) is 5.43 Å². The number of aryl methyl sites for hydroxylation is 1. The second-order valence-electron chi connectivity index (χ2n) is 7.82. The minimum absolute atomic E-state index is 0.0900. The molecule has 0 radical (unpaired) electrons. The average molecular weight is 389 g/mol. The Hall–Kier alpha value is -3.19. The number of nitrogens with one attached hydrogen (secondary N) is 3. The Morgan fingerprint density at radius 3 is 2.66 bits per heavy atom. The maximum Gasteiger partial charge on any atom is 0.262 e. The van der Waals surface area contributed by atoms with Crippen molar-refractivity contribution in [3.8, 4) is 11.1 Å². The maximum atomic E-state index is 12.2. The first-order valence-corrected chi connectivity index (χ1v) is 9.99. The van der Waals surface area contributed by atoms with Gasteiger partial charge in [-0.3, -0.25) is 9.59 Å². The summed E-state index contributed by atoms with van der Waals surface area (Å²) in [6, 6.07) is 12.1. The number of fused-ring (bicyclic) bond motifs is 3. The predicted octanol–water partition coefficient (Wildman–Crippen LogP) is 2.13. The van der Waals surface area contributed by atoms with Crippen molar-refractivity contribution < 1.29 is 9.59 Å². The number of anilines is 2. The highest BCUT2D eigenvalue weighted by Crippen LogP contribution is 2.40. The molecule has 3 N–H and O–H groups in total. The summed E-state index contributed by atoms with van der Waals surface area (Å²) in [5, 5.41) is 11.2. The highest BCUT2D eigenvalue weighted by Gasteiger charge is 2.34. The molecule has 7 heteroatoms. The second-order valence-corrected chi connectivity index (χ2v) is 7.82. The van der Waals surface area contributed by atoms with Gasteiger partial charge in [0, 0.05) is 42.0 Å². The van der Waals surface area contributed by atoms with Crippen molar-refractivity contribution >= 4 is 29.4 Å². The summed E-state index contributed by atoms with van der Waals surface area (Å²) in [6.07, 6.45) is 2.53. The quantitative estimate of drug-likeness (QED) is 0.698. The molecule has 1 atom stereocenters. The molecule has 0 bridgehead atoms. The van der Waals surface area contributed by atoms with Gasteiger partial charge in [0.1, 0.15) is 18.2 Å². The highest BCUT2D eigenvalue weighted by molar-refractivity contribution is 6.09. The fourth-order valence-electron chi connectivity index (χ4n) is 4.15. The zero-order valence-corrected chi connectivity index (χ0v) is 16.2. The average Bonchev–Trinajstić information content (AvgIpc) is 2.72. The zero-order chi connectivity index (χ0) is 20.0. The molecule has 3 heterocycles. The Morgan fingerprint density at radius 1 is 1.17 bits per heavy atom. The number of nitrogens with zero attached hydrogens (tertiary/aromatic N) is 2. The van der Waals surface area contributed by atoms with Crippen molar-refractivity contribution in [1.82, 2.24) is 10.7 Å². The van der Waals surface area contributed by atoms with Crippen molar-refractivity contribution in [2.24, 2.45) is 5.10 Å². The molecule has 3 aliphatic heterocycles. The number of aldehydes is 1. The number of carbonyl (C=O) groups is 2. The second kappa shape index (κ2) is 7.00. The van der Waals surface area contributed by atoms with Gasteiger partial charge in [0.2, 0.25) is 0 Å². The number of hydrogen-bond acceptors (Lipinski definition) is 6. The van der Waals surface area contributed by atoms with E-state index in [2.05, 4.69) is 38.2 Å². The minimum Gasteiger partial charge on any atom is -0.379 e. The van der Waals surface area contributed by atoms with E-state index in [-0.39, 0.29) is 11.9 Å². The molecular weight excluding hydrogens is 366 g/mol. The van der Waals surface area contributed by atoms with Gasteiger partial charge in [-0.2, -0.15) is 5.10 Å². The molecule has 2 aromatic rings. The van der Waals surface area contributed by atoms with Gasteiger partial charge in [-0.15, -0.1) is 0 Å². The largest absolute Gasteiger partial charge is 0.379 e. The van der Waals surface area contributed by atoms with Gasteiger partial charge >= 0.3 is 0 Å². The van der Waals surface area contributed by atoms with Crippen LogP contribution in [-0.2, 0) is 11.2 Å². The van der Waals surface area contributed by atoms with E-state index in [0.717, 1.165) is 60.6 Å². The van der Waals surface area contributed by atoms with Crippen LogP contribution in [0.15, 0.2) is 41.5 Å². The molecule has 1 fully saturated rings. The van der Waals surface area contributed by atoms with Crippen LogP contribution in [-0.4, -0.2) is 43.2 Å². The first-order chi connectivity index (χ1) is 14.1. The molecule has 7 nitrogen and oxygen atoms in total. The van der Waals surface area contributed by atoms with E-state index < -0.39 is 0 Å². The standard InChI is InChI=1S/C22H23N5O2/c1-13-22(29)26-25-21-7-6-16-8-18(15-4-2-14(12-28)3-5-15)19(9-20(16)27(13)21)24-17-10-23-11-17/h2-5,8-9,12-13,17,23-24H,6-7,10-11H2,1H3,(H,26,29). The molecule has 1 amide bonds. The van der Waals surface area contributed by atoms with Gasteiger partial charge in [0.25, 0.3) is 5.91 Å². The van der Waals surface area contributed by atoms with E-state index in [9.17, 15) is 9.59 Å². The van der Waals surface area contributed by atoms with Gasteiger partial charge in [0.15, 0.2) is 0 Å². The van der Waals surface area contributed by atoms with E-state index in [0.29, 0.717) is 11.6 Å². The van der Waals surface area contributed by atoms with Crippen LogP contribution in [0.5, 0.6) is 0 Å². The summed E-state index contributed by atoms with van der Waals surface area (Å²) in [6.45, 7) is 3.76. The smallest absolute Gasteiger partial charge is 0.262 e. The molecule has 0 aromatic heterocycles. The lowest BCUT2D eigenvalue weighted by Gasteiger charge is -2.39. The molecule has 1 saturated heterocycles. The Kier molecular flexibility index (Phi) is 4.32. The zero-order valence-electron chi connectivity index (χ0n) is 16.2. The number of benzene rings is 2. The summed E-state index contributed by atoms with van der Waals surface area (Å²) in [5.74, 6) is 0.816. The van der Waals surface area contributed by atoms with Crippen molar-refractivity contribution in [2.75, 3.05) is 23.3 Å². The first kappa shape index (κ1) is 17.9. The van der Waals surface area contributed by atoms with Crippen LogP contribution < -0.4 is 21.0 Å². The Morgan fingerprint density at radius 2 is 1.97 bits per heavy atom. The Bertz CT molecular complexity index is 1010. The van der Waals surface area contributed by atoms with Crippen LogP contribution in [0.4, 0.5) is 11.4 Å². The van der Waals surface area contributed by atoms with Crippen LogP contribution in [0.1, 0.15) is 29.3 Å². The summed E-state index contributed by atoms with van der Waals surface area (Å²) in [4.78, 5) is 25.3. The SMILES string of the molecule is CC1C(=O)NN=C2CCc3cc(-c4ccc(C=O)cc4)c(NC4CNC4)cc3N21.